The van der Waals surface area contributed by atoms with Crippen molar-refractivity contribution in [2.24, 2.45) is 5.41 Å². The van der Waals surface area contributed by atoms with Gasteiger partial charge in [0.15, 0.2) is 0 Å². The molecule has 22 heavy (non-hydrogen) atoms. The predicted molar refractivity (Wildman–Crippen MR) is 69.1 cm³/mol. The number of hydrogen-bond donors (Lipinski definition) is 1. The molecule has 0 saturated heterocycles. The van der Waals surface area contributed by atoms with E-state index >= 15 is 0 Å². The average molecular weight is 327 g/mol. The van der Waals surface area contributed by atoms with Gasteiger partial charge in [-0.25, -0.2) is 0 Å². The van der Waals surface area contributed by atoms with Gasteiger partial charge in [-0.2, -0.15) is 26.3 Å². The van der Waals surface area contributed by atoms with Crippen molar-refractivity contribution >= 4 is 11.6 Å². The molecule has 1 N–H and O–H groups in total. The lowest BCUT2D eigenvalue weighted by Crippen LogP contribution is -2.20. The molecule has 0 aliphatic heterocycles. The van der Waals surface area contributed by atoms with Crippen LogP contribution in [0.3, 0.4) is 0 Å². The molecule has 1 aromatic rings. The van der Waals surface area contributed by atoms with Crippen molar-refractivity contribution < 1.29 is 31.1 Å². The summed E-state index contributed by atoms with van der Waals surface area (Å²) in [5.74, 6) is -0.653. The van der Waals surface area contributed by atoms with E-state index in [1.54, 1.807) is 20.8 Å². The second-order valence-electron chi connectivity index (χ2n) is 6.08. The lowest BCUT2D eigenvalue weighted by molar-refractivity contribution is -0.143. The largest absolute Gasteiger partial charge is 0.416 e. The molecule has 0 aliphatic carbocycles. The minimum absolute atomic E-state index is 0.0133. The highest BCUT2D eigenvalue weighted by molar-refractivity contribution is 5.91. The van der Waals surface area contributed by atoms with Gasteiger partial charge >= 0.3 is 12.4 Å². The topological polar surface area (TPSA) is 29.1 Å². The maximum absolute atomic E-state index is 12.7. The Bertz CT molecular complexity index is 522. The molecular weight excluding hydrogens is 312 g/mol. The van der Waals surface area contributed by atoms with E-state index in [1.807, 2.05) is 0 Å². The van der Waals surface area contributed by atoms with Crippen LogP contribution < -0.4 is 5.32 Å². The number of alkyl halides is 6. The van der Waals surface area contributed by atoms with Gasteiger partial charge in [0.1, 0.15) is 0 Å². The van der Waals surface area contributed by atoms with Crippen molar-refractivity contribution in [3.63, 3.8) is 0 Å². The number of halogens is 6. The van der Waals surface area contributed by atoms with Crippen LogP contribution in [0.5, 0.6) is 0 Å². The van der Waals surface area contributed by atoms with Crippen molar-refractivity contribution in [2.45, 2.75) is 39.5 Å². The minimum Gasteiger partial charge on any atom is -0.326 e. The van der Waals surface area contributed by atoms with Crippen LogP contribution in [0.2, 0.25) is 0 Å². The van der Waals surface area contributed by atoms with E-state index in [1.165, 1.54) is 0 Å². The van der Waals surface area contributed by atoms with Gasteiger partial charge in [-0.1, -0.05) is 20.8 Å². The molecule has 0 unspecified atom stereocenters. The Labute approximate surface area is 123 Å². The average Bonchev–Trinajstić information content (AvgIpc) is 2.23. The lowest BCUT2D eigenvalue weighted by atomic mass is 9.92. The van der Waals surface area contributed by atoms with Gasteiger partial charge in [-0.05, 0) is 23.6 Å². The number of anilines is 1. The van der Waals surface area contributed by atoms with Crippen molar-refractivity contribution in [3.8, 4) is 0 Å². The van der Waals surface area contributed by atoms with Crippen molar-refractivity contribution in [2.75, 3.05) is 5.32 Å². The van der Waals surface area contributed by atoms with E-state index in [0.717, 1.165) is 0 Å². The van der Waals surface area contributed by atoms with E-state index in [4.69, 9.17) is 0 Å². The van der Waals surface area contributed by atoms with Crippen molar-refractivity contribution in [3.05, 3.63) is 29.3 Å². The summed E-state index contributed by atoms with van der Waals surface area (Å²) in [5, 5.41) is 2.08. The second kappa shape index (κ2) is 5.81. The molecular formula is C14H15F6NO. The minimum atomic E-state index is -4.94. The molecule has 0 radical (unpaired) electrons. The normalized spacial score (nSPS) is 13.1. The SMILES string of the molecule is CC(C)(C)CC(=O)Nc1cc(C(F)(F)F)cc(C(F)(F)F)c1. The Morgan fingerprint density at radius 3 is 1.64 bits per heavy atom. The zero-order chi connectivity index (χ0) is 17.3. The molecule has 1 amide bonds. The highest BCUT2D eigenvalue weighted by Gasteiger charge is 2.37. The summed E-state index contributed by atoms with van der Waals surface area (Å²) < 4.78 is 76.0. The fraction of sp³-hybridized carbons (Fsp3) is 0.500. The number of benzene rings is 1. The molecule has 0 saturated carbocycles. The number of carbonyl (C=O) groups is 1. The van der Waals surface area contributed by atoms with Crippen LogP contribution in [0.1, 0.15) is 38.3 Å². The molecule has 0 aliphatic rings. The van der Waals surface area contributed by atoms with E-state index in [0.29, 0.717) is 12.1 Å². The lowest BCUT2D eigenvalue weighted by Gasteiger charge is -2.18. The molecule has 2 nitrogen and oxygen atoms in total. The van der Waals surface area contributed by atoms with Crippen LogP contribution in [-0.2, 0) is 17.1 Å². The first-order valence-electron chi connectivity index (χ1n) is 6.28. The third-order valence-electron chi connectivity index (χ3n) is 2.56. The summed E-state index contributed by atoms with van der Waals surface area (Å²) in [6.07, 6.45) is -9.92. The summed E-state index contributed by atoms with van der Waals surface area (Å²) in [6, 6.07) is 0.977. The number of rotatable bonds is 2. The number of carbonyl (C=O) groups excluding carboxylic acids is 1. The third kappa shape index (κ3) is 5.57. The van der Waals surface area contributed by atoms with E-state index < -0.39 is 40.5 Å². The Morgan fingerprint density at radius 2 is 1.32 bits per heavy atom. The van der Waals surface area contributed by atoms with Crippen LogP contribution in [0.4, 0.5) is 32.0 Å². The van der Waals surface area contributed by atoms with Gasteiger partial charge in [0.2, 0.25) is 5.91 Å². The van der Waals surface area contributed by atoms with Crippen molar-refractivity contribution in [1.29, 1.82) is 0 Å². The Balaban J connectivity index is 3.17. The Morgan fingerprint density at radius 1 is 0.909 bits per heavy atom. The van der Waals surface area contributed by atoms with E-state index in [9.17, 15) is 31.1 Å². The third-order valence-corrected chi connectivity index (χ3v) is 2.56. The number of amides is 1. The first-order chi connectivity index (χ1) is 9.68. The molecule has 0 atom stereocenters. The Hall–Kier alpha value is -1.73. The summed E-state index contributed by atoms with van der Waals surface area (Å²) in [7, 11) is 0. The highest BCUT2D eigenvalue weighted by atomic mass is 19.4. The molecule has 8 heteroatoms. The monoisotopic (exact) mass is 327 g/mol. The van der Waals surface area contributed by atoms with Crippen LogP contribution in [0, 0.1) is 5.41 Å². The van der Waals surface area contributed by atoms with Gasteiger partial charge in [-0.3, -0.25) is 4.79 Å². The van der Waals surface area contributed by atoms with Crippen LogP contribution in [-0.4, -0.2) is 5.91 Å². The van der Waals surface area contributed by atoms with Gasteiger partial charge in [0.25, 0.3) is 0 Å². The quantitative estimate of drug-likeness (QED) is 0.752. The van der Waals surface area contributed by atoms with Gasteiger partial charge < -0.3 is 5.32 Å². The zero-order valence-corrected chi connectivity index (χ0v) is 12.1. The Kier molecular flexibility index (Phi) is 4.84. The molecule has 1 aromatic carbocycles. The van der Waals surface area contributed by atoms with Crippen LogP contribution in [0.15, 0.2) is 18.2 Å². The highest BCUT2D eigenvalue weighted by Crippen LogP contribution is 2.37. The van der Waals surface area contributed by atoms with Gasteiger partial charge in [0, 0.05) is 12.1 Å². The second-order valence-corrected chi connectivity index (χ2v) is 6.08. The maximum Gasteiger partial charge on any atom is 0.416 e. The van der Waals surface area contributed by atoms with E-state index in [2.05, 4.69) is 5.32 Å². The fourth-order valence-electron chi connectivity index (χ4n) is 1.71. The molecule has 0 heterocycles. The van der Waals surface area contributed by atoms with E-state index in [-0.39, 0.29) is 12.5 Å². The molecule has 0 fully saturated rings. The first kappa shape index (κ1) is 18.3. The van der Waals surface area contributed by atoms with Gasteiger partial charge in [-0.15, -0.1) is 0 Å². The fourth-order valence-corrected chi connectivity index (χ4v) is 1.71. The van der Waals surface area contributed by atoms with Crippen LogP contribution >= 0.6 is 0 Å². The summed E-state index contributed by atoms with van der Waals surface area (Å²) in [6.45, 7) is 5.17. The number of nitrogens with one attached hydrogen (secondary N) is 1. The molecule has 0 aromatic heterocycles. The zero-order valence-electron chi connectivity index (χ0n) is 12.1. The molecule has 0 spiro atoms. The predicted octanol–water partition coefficient (Wildman–Crippen LogP) is 5.10. The standard InChI is InChI=1S/C14H15F6NO/c1-12(2,3)7-11(22)21-10-5-8(13(15,16)17)4-9(6-10)14(18,19)20/h4-6H,7H2,1-3H3,(H,21,22). The van der Waals surface area contributed by atoms with Gasteiger partial charge in [0.05, 0.1) is 11.1 Å². The summed E-state index contributed by atoms with van der Waals surface area (Å²) in [4.78, 5) is 11.7. The molecule has 0 bridgehead atoms. The van der Waals surface area contributed by atoms with Crippen molar-refractivity contribution in [1.82, 2.24) is 0 Å². The molecule has 1 rings (SSSR count). The molecule has 124 valence electrons. The maximum atomic E-state index is 12.7. The summed E-state index contributed by atoms with van der Waals surface area (Å²) in [5.41, 5.74) is -3.91. The smallest absolute Gasteiger partial charge is 0.326 e. The summed E-state index contributed by atoms with van der Waals surface area (Å²) >= 11 is 0. The van der Waals surface area contributed by atoms with Crippen LogP contribution in [0.25, 0.3) is 0 Å². The number of hydrogen-bond acceptors (Lipinski definition) is 1. The first-order valence-corrected chi connectivity index (χ1v) is 6.28.